The Morgan fingerprint density at radius 3 is 2.50 bits per heavy atom. The second-order valence-electron chi connectivity index (χ2n) is 5.79. The largest absolute Gasteiger partial charge is 0.491 e. The highest BCUT2D eigenvalue weighted by molar-refractivity contribution is 9.10. The lowest BCUT2D eigenvalue weighted by Gasteiger charge is -2.11. The Hall–Kier alpha value is -2.01. The summed E-state index contributed by atoms with van der Waals surface area (Å²) in [6, 6.07) is 13.4. The summed E-state index contributed by atoms with van der Waals surface area (Å²) < 4.78 is 12.1. The lowest BCUT2D eigenvalue weighted by atomic mass is 10.2. The van der Waals surface area contributed by atoms with Crippen molar-refractivity contribution in [2.24, 2.45) is 0 Å². The van der Waals surface area contributed by atoms with Crippen LogP contribution in [0.5, 0.6) is 11.5 Å². The van der Waals surface area contributed by atoms with Gasteiger partial charge in [-0.2, -0.15) is 0 Å². The van der Waals surface area contributed by atoms with Gasteiger partial charge in [0.1, 0.15) is 11.5 Å². The highest BCUT2D eigenvalue weighted by Crippen LogP contribution is 2.22. The van der Waals surface area contributed by atoms with Gasteiger partial charge in [-0.25, -0.2) is 0 Å². The van der Waals surface area contributed by atoms with Gasteiger partial charge in [0, 0.05) is 11.0 Å². The van der Waals surface area contributed by atoms with Crippen LogP contribution in [-0.4, -0.2) is 18.6 Å². The van der Waals surface area contributed by atoms with Crippen LogP contribution in [0.3, 0.4) is 0 Å². The van der Waals surface area contributed by atoms with Gasteiger partial charge in [0.2, 0.25) is 0 Å². The fourth-order valence-corrected chi connectivity index (χ4v) is 2.60. The predicted molar refractivity (Wildman–Crippen MR) is 98.4 cm³/mol. The Balaban J connectivity index is 1.78. The maximum atomic E-state index is 11.9. The third kappa shape index (κ3) is 5.89. The summed E-state index contributed by atoms with van der Waals surface area (Å²) in [5, 5.41) is 2.85. The number of amides is 1. The van der Waals surface area contributed by atoms with Crippen molar-refractivity contribution in [2.45, 2.75) is 33.4 Å². The van der Waals surface area contributed by atoms with Crippen LogP contribution in [0.4, 0.5) is 0 Å². The van der Waals surface area contributed by atoms with Crippen LogP contribution in [0.15, 0.2) is 46.9 Å². The third-order valence-electron chi connectivity index (χ3n) is 3.28. The first-order valence-electron chi connectivity index (χ1n) is 7.85. The van der Waals surface area contributed by atoms with E-state index >= 15 is 0 Å². The van der Waals surface area contributed by atoms with E-state index < -0.39 is 0 Å². The van der Waals surface area contributed by atoms with Crippen LogP contribution < -0.4 is 14.8 Å². The first-order chi connectivity index (χ1) is 11.4. The summed E-state index contributed by atoms with van der Waals surface area (Å²) >= 11 is 3.40. The van der Waals surface area contributed by atoms with E-state index in [-0.39, 0.29) is 18.6 Å². The number of hydrogen-bond donors (Lipinski definition) is 1. The zero-order valence-electron chi connectivity index (χ0n) is 14.1. The monoisotopic (exact) mass is 391 g/mol. The van der Waals surface area contributed by atoms with E-state index in [0.29, 0.717) is 12.3 Å². The van der Waals surface area contributed by atoms with Crippen LogP contribution in [-0.2, 0) is 11.3 Å². The lowest BCUT2D eigenvalue weighted by Crippen LogP contribution is -2.28. The molecule has 0 saturated carbocycles. The van der Waals surface area contributed by atoms with E-state index in [1.54, 1.807) is 0 Å². The van der Waals surface area contributed by atoms with Crippen LogP contribution in [0.1, 0.15) is 25.0 Å². The van der Waals surface area contributed by atoms with E-state index in [2.05, 4.69) is 21.2 Å². The average Bonchev–Trinajstić information content (AvgIpc) is 2.53. The normalized spacial score (nSPS) is 10.5. The molecule has 128 valence electrons. The van der Waals surface area contributed by atoms with Gasteiger partial charge < -0.3 is 14.8 Å². The van der Waals surface area contributed by atoms with Crippen LogP contribution in [0.25, 0.3) is 0 Å². The van der Waals surface area contributed by atoms with Gasteiger partial charge in [0.25, 0.3) is 5.91 Å². The molecule has 0 spiro atoms. The number of nitrogens with one attached hydrogen (secondary N) is 1. The Morgan fingerprint density at radius 1 is 1.17 bits per heavy atom. The van der Waals surface area contributed by atoms with Gasteiger partial charge in [0.05, 0.1) is 6.10 Å². The SMILES string of the molecule is Cc1cc(Br)ccc1OCC(=O)NCc1ccc(OC(C)C)cc1. The van der Waals surface area contributed by atoms with E-state index in [1.807, 2.05) is 63.2 Å². The standard InChI is InChI=1S/C19H22BrNO3/c1-13(2)24-17-7-4-15(5-8-17)11-21-19(22)12-23-18-9-6-16(20)10-14(18)3/h4-10,13H,11-12H2,1-3H3,(H,21,22). The molecule has 1 amide bonds. The molecular formula is C19H22BrNO3. The summed E-state index contributed by atoms with van der Waals surface area (Å²) in [6.07, 6.45) is 0.148. The number of carbonyl (C=O) groups excluding carboxylic acids is 1. The van der Waals surface area contributed by atoms with Crippen molar-refractivity contribution in [3.8, 4) is 11.5 Å². The number of aryl methyl sites for hydroxylation is 1. The predicted octanol–water partition coefficient (Wildman–Crippen LogP) is 4.24. The molecule has 0 saturated heterocycles. The van der Waals surface area contributed by atoms with Gasteiger partial charge in [-0.15, -0.1) is 0 Å². The van der Waals surface area contributed by atoms with E-state index in [1.165, 1.54) is 0 Å². The van der Waals surface area contributed by atoms with Gasteiger partial charge in [-0.3, -0.25) is 4.79 Å². The van der Waals surface area contributed by atoms with Crippen molar-refractivity contribution in [3.05, 3.63) is 58.1 Å². The molecule has 0 bridgehead atoms. The van der Waals surface area contributed by atoms with Gasteiger partial charge in [-0.1, -0.05) is 28.1 Å². The van der Waals surface area contributed by atoms with E-state index in [4.69, 9.17) is 9.47 Å². The maximum absolute atomic E-state index is 11.9. The number of ether oxygens (including phenoxy) is 2. The molecule has 4 nitrogen and oxygen atoms in total. The van der Waals surface area contributed by atoms with Crippen molar-refractivity contribution >= 4 is 21.8 Å². The Kier molecular flexibility index (Phi) is 6.67. The molecule has 0 aliphatic heterocycles. The zero-order valence-corrected chi connectivity index (χ0v) is 15.7. The molecule has 0 atom stereocenters. The molecule has 5 heteroatoms. The molecule has 0 aromatic heterocycles. The number of benzene rings is 2. The van der Waals surface area contributed by atoms with Crippen LogP contribution in [0.2, 0.25) is 0 Å². The van der Waals surface area contributed by atoms with Crippen molar-refractivity contribution in [1.82, 2.24) is 5.32 Å². The van der Waals surface area contributed by atoms with Crippen molar-refractivity contribution in [1.29, 1.82) is 0 Å². The van der Waals surface area contributed by atoms with Gasteiger partial charge >= 0.3 is 0 Å². The minimum absolute atomic E-state index is 0.00296. The molecule has 0 fully saturated rings. The zero-order chi connectivity index (χ0) is 17.5. The van der Waals surface area contributed by atoms with Crippen LogP contribution in [0, 0.1) is 6.92 Å². The molecule has 2 aromatic rings. The molecule has 0 heterocycles. The van der Waals surface area contributed by atoms with Crippen molar-refractivity contribution in [2.75, 3.05) is 6.61 Å². The lowest BCUT2D eigenvalue weighted by molar-refractivity contribution is -0.123. The maximum Gasteiger partial charge on any atom is 0.258 e. The van der Waals surface area contributed by atoms with E-state index in [0.717, 1.165) is 21.3 Å². The summed E-state index contributed by atoms with van der Waals surface area (Å²) in [7, 11) is 0. The first-order valence-corrected chi connectivity index (χ1v) is 8.64. The first kappa shape index (κ1) is 18.3. The Morgan fingerprint density at radius 2 is 1.88 bits per heavy atom. The van der Waals surface area contributed by atoms with Crippen molar-refractivity contribution in [3.63, 3.8) is 0 Å². The molecule has 0 unspecified atom stereocenters. The molecule has 0 aliphatic rings. The summed E-state index contributed by atoms with van der Waals surface area (Å²) in [6.45, 7) is 6.38. The molecule has 2 aromatic carbocycles. The smallest absolute Gasteiger partial charge is 0.258 e. The molecule has 0 radical (unpaired) electrons. The molecular weight excluding hydrogens is 370 g/mol. The summed E-state index contributed by atoms with van der Waals surface area (Å²) in [5.74, 6) is 1.39. The quantitative estimate of drug-likeness (QED) is 0.767. The number of halogens is 1. The average molecular weight is 392 g/mol. The second kappa shape index (κ2) is 8.73. The fraction of sp³-hybridized carbons (Fsp3) is 0.316. The number of hydrogen-bond acceptors (Lipinski definition) is 3. The minimum Gasteiger partial charge on any atom is -0.491 e. The van der Waals surface area contributed by atoms with Crippen molar-refractivity contribution < 1.29 is 14.3 Å². The summed E-state index contributed by atoms with van der Waals surface area (Å²) in [4.78, 5) is 11.9. The number of carbonyl (C=O) groups is 1. The summed E-state index contributed by atoms with van der Waals surface area (Å²) in [5.41, 5.74) is 2.00. The minimum atomic E-state index is -0.153. The molecule has 1 N–H and O–H groups in total. The highest BCUT2D eigenvalue weighted by atomic mass is 79.9. The highest BCUT2D eigenvalue weighted by Gasteiger charge is 2.06. The van der Waals surface area contributed by atoms with E-state index in [9.17, 15) is 4.79 Å². The Labute approximate surface area is 151 Å². The topological polar surface area (TPSA) is 47.6 Å². The van der Waals surface area contributed by atoms with Crippen LogP contribution >= 0.6 is 15.9 Å². The Bertz CT molecular complexity index is 684. The molecule has 0 aliphatic carbocycles. The molecule has 24 heavy (non-hydrogen) atoms. The second-order valence-corrected chi connectivity index (χ2v) is 6.70. The third-order valence-corrected chi connectivity index (χ3v) is 3.77. The van der Waals surface area contributed by atoms with Gasteiger partial charge in [-0.05, 0) is 62.2 Å². The van der Waals surface area contributed by atoms with Gasteiger partial charge in [0.15, 0.2) is 6.61 Å². The molecule has 2 rings (SSSR count). The number of rotatable bonds is 7. The fourth-order valence-electron chi connectivity index (χ4n) is 2.13.